The Labute approximate surface area is 120 Å². The van der Waals surface area contributed by atoms with E-state index in [-0.39, 0.29) is 5.91 Å². The number of nitrogens with zero attached hydrogens (tertiary/aromatic N) is 4. The first kappa shape index (κ1) is 15.0. The van der Waals surface area contributed by atoms with E-state index in [2.05, 4.69) is 22.6 Å². The number of aromatic nitrogens is 3. The molecule has 1 N–H and O–H groups in total. The summed E-state index contributed by atoms with van der Waals surface area (Å²) < 4.78 is 1.86. The summed E-state index contributed by atoms with van der Waals surface area (Å²) in [6.45, 7) is 4.95. The van der Waals surface area contributed by atoms with Gasteiger partial charge in [-0.05, 0) is 32.4 Å². The minimum Gasteiger partial charge on any atom is -0.340 e. The van der Waals surface area contributed by atoms with E-state index < -0.39 is 0 Å². The van der Waals surface area contributed by atoms with Gasteiger partial charge < -0.3 is 10.2 Å². The number of carbonyl (C=O) groups is 1. The molecule has 112 valence electrons. The van der Waals surface area contributed by atoms with Crippen LogP contribution in [0.5, 0.6) is 0 Å². The number of nitrogens with one attached hydrogen (secondary N) is 1. The molecule has 2 heterocycles. The average Bonchev–Trinajstić information content (AvgIpc) is 2.97. The van der Waals surface area contributed by atoms with Crippen LogP contribution in [0.2, 0.25) is 0 Å². The summed E-state index contributed by atoms with van der Waals surface area (Å²) in [5.74, 6) is -0.0266. The van der Waals surface area contributed by atoms with E-state index in [1.165, 1.54) is 0 Å². The van der Waals surface area contributed by atoms with E-state index in [0.29, 0.717) is 11.7 Å². The van der Waals surface area contributed by atoms with E-state index in [9.17, 15) is 4.79 Å². The molecule has 0 unspecified atom stereocenters. The van der Waals surface area contributed by atoms with E-state index in [4.69, 9.17) is 0 Å². The van der Waals surface area contributed by atoms with Crippen molar-refractivity contribution in [3.63, 3.8) is 0 Å². The predicted molar refractivity (Wildman–Crippen MR) is 77.6 cm³/mol. The fourth-order valence-corrected chi connectivity index (χ4v) is 2.52. The molecule has 0 bridgehead atoms. The third kappa shape index (κ3) is 3.79. The Morgan fingerprint density at radius 1 is 1.45 bits per heavy atom. The molecule has 2 rings (SSSR count). The van der Waals surface area contributed by atoms with Crippen molar-refractivity contribution in [3.05, 3.63) is 11.9 Å². The number of hydrogen-bond donors (Lipinski definition) is 1. The van der Waals surface area contributed by atoms with Gasteiger partial charge in [0.1, 0.15) is 0 Å². The number of hydrogen-bond acceptors (Lipinski definition) is 4. The van der Waals surface area contributed by atoms with E-state index in [1.54, 1.807) is 11.1 Å². The van der Waals surface area contributed by atoms with Crippen LogP contribution < -0.4 is 5.32 Å². The van der Waals surface area contributed by atoms with Gasteiger partial charge in [0.25, 0.3) is 5.91 Å². The zero-order valence-corrected chi connectivity index (χ0v) is 12.5. The third-order valence-corrected chi connectivity index (χ3v) is 3.86. The van der Waals surface area contributed by atoms with Gasteiger partial charge in [-0.1, -0.05) is 25.0 Å². The molecule has 1 aliphatic heterocycles. The molecule has 1 aromatic heterocycles. The van der Waals surface area contributed by atoms with Gasteiger partial charge in [0.05, 0.1) is 12.2 Å². The van der Waals surface area contributed by atoms with Gasteiger partial charge in [0.15, 0.2) is 5.69 Å². The highest BCUT2D eigenvalue weighted by molar-refractivity contribution is 5.91. The van der Waals surface area contributed by atoms with Crippen LogP contribution >= 0.6 is 0 Å². The fraction of sp³-hybridized carbons (Fsp3) is 0.786. The third-order valence-electron chi connectivity index (χ3n) is 3.86. The first-order chi connectivity index (χ1) is 9.72. The van der Waals surface area contributed by atoms with Crippen LogP contribution in [0.15, 0.2) is 6.20 Å². The van der Waals surface area contributed by atoms with Gasteiger partial charge in [0, 0.05) is 13.6 Å². The van der Waals surface area contributed by atoms with Crippen molar-refractivity contribution in [2.24, 2.45) is 0 Å². The summed E-state index contributed by atoms with van der Waals surface area (Å²) >= 11 is 0. The molecule has 0 radical (unpaired) electrons. The van der Waals surface area contributed by atoms with Crippen molar-refractivity contribution < 1.29 is 4.79 Å². The summed E-state index contributed by atoms with van der Waals surface area (Å²) in [6.07, 6.45) is 7.25. The number of carbonyl (C=O) groups excluding carboxylic acids is 1. The topological polar surface area (TPSA) is 63.1 Å². The van der Waals surface area contributed by atoms with Crippen molar-refractivity contribution in [1.82, 2.24) is 25.2 Å². The minimum atomic E-state index is -0.0266. The van der Waals surface area contributed by atoms with Crippen LogP contribution in [0.1, 0.15) is 55.6 Å². The standard InChI is InChI=1S/C14H25N5O/c1-3-4-5-10-18(2)14(20)13-11-19(17-16-13)12-6-8-15-9-7-12/h11-12,15H,3-10H2,1-2H3. The molecule has 0 saturated carbocycles. The Kier molecular flexibility index (Phi) is 5.52. The summed E-state index contributed by atoms with van der Waals surface area (Å²) in [7, 11) is 1.83. The molecular formula is C14H25N5O. The quantitative estimate of drug-likeness (QED) is 0.801. The first-order valence-electron chi connectivity index (χ1n) is 7.60. The molecule has 1 amide bonds. The molecule has 6 heteroatoms. The Morgan fingerprint density at radius 2 is 2.20 bits per heavy atom. The molecule has 6 nitrogen and oxygen atoms in total. The number of rotatable bonds is 6. The van der Waals surface area contributed by atoms with Gasteiger partial charge in [0.2, 0.25) is 0 Å². The summed E-state index contributed by atoms with van der Waals surface area (Å²) in [4.78, 5) is 14.0. The van der Waals surface area contributed by atoms with Crippen LogP contribution in [0.3, 0.4) is 0 Å². The van der Waals surface area contributed by atoms with Crippen molar-refractivity contribution in [2.45, 2.75) is 45.1 Å². The van der Waals surface area contributed by atoms with Gasteiger partial charge in [-0.15, -0.1) is 5.10 Å². The van der Waals surface area contributed by atoms with E-state index in [1.807, 2.05) is 11.7 Å². The second kappa shape index (κ2) is 7.38. The Balaban J connectivity index is 1.91. The van der Waals surface area contributed by atoms with Crippen molar-refractivity contribution >= 4 is 5.91 Å². The largest absolute Gasteiger partial charge is 0.340 e. The fourth-order valence-electron chi connectivity index (χ4n) is 2.52. The van der Waals surface area contributed by atoms with Crippen LogP contribution in [0, 0.1) is 0 Å². The lowest BCUT2D eigenvalue weighted by Gasteiger charge is -2.22. The van der Waals surface area contributed by atoms with Crippen LogP contribution in [0.4, 0.5) is 0 Å². The van der Waals surface area contributed by atoms with Crippen molar-refractivity contribution in [1.29, 1.82) is 0 Å². The maximum absolute atomic E-state index is 12.2. The highest BCUT2D eigenvalue weighted by Crippen LogP contribution is 2.17. The normalized spacial score (nSPS) is 16.3. The number of amides is 1. The zero-order chi connectivity index (χ0) is 14.4. The van der Waals surface area contributed by atoms with E-state index >= 15 is 0 Å². The second-order valence-electron chi connectivity index (χ2n) is 5.50. The molecule has 0 atom stereocenters. The summed E-state index contributed by atoms with van der Waals surface area (Å²) in [5.41, 5.74) is 0.461. The Bertz CT molecular complexity index is 425. The highest BCUT2D eigenvalue weighted by atomic mass is 16.2. The van der Waals surface area contributed by atoms with Crippen LogP contribution in [-0.2, 0) is 0 Å². The molecule has 0 aromatic carbocycles. The predicted octanol–water partition coefficient (Wildman–Crippen LogP) is 1.46. The molecule has 1 aromatic rings. The number of unbranched alkanes of at least 4 members (excludes halogenated alkanes) is 2. The van der Waals surface area contributed by atoms with E-state index in [0.717, 1.165) is 51.7 Å². The van der Waals surface area contributed by atoms with Gasteiger partial charge >= 0.3 is 0 Å². The maximum Gasteiger partial charge on any atom is 0.275 e. The molecule has 1 saturated heterocycles. The monoisotopic (exact) mass is 279 g/mol. The molecule has 0 aliphatic carbocycles. The number of piperidine rings is 1. The lowest BCUT2D eigenvalue weighted by atomic mass is 10.1. The maximum atomic E-state index is 12.2. The smallest absolute Gasteiger partial charge is 0.275 e. The summed E-state index contributed by atoms with van der Waals surface area (Å²) in [5, 5.41) is 11.5. The lowest BCUT2D eigenvalue weighted by Crippen LogP contribution is -2.30. The van der Waals surface area contributed by atoms with Gasteiger partial charge in [-0.2, -0.15) is 0 Å². The van der Waals surface area contributed by atoms with Crippen LogP contribution in [0.25, 0.3) is 0 Å². The second-order valence-corrected chi connectivity index (χ2v) is 5.50. The van der Waals surface area contributed by atoms with Crippen molar-refractivity contribution in [3.8, 4) is 0 Å². The Hall–Kier alpha value is -1.43. The molecule has 1 fully saturated rings. The minimum absolute atomic E-state index is 0.0266. The van der Waals surface area contributed by atoms with Gasteiger partial charge in [-0.3, -0.25) is 4.79 Å². The lowest BCUT2D eigenvalue weighted by molar-refractivity contribution is 0.0787. The van der Waals surface area contributed by atoms with Gasteiger partial charge in [-0.25, -0.2) is 4.68 Å². The molecule has 0 spiro atoms. The highest BCUT2D eigenvalue weighted by Gasteiger charge is 2.20. The Morgan fingerprint density at radius 3 is 2.90 bits per heavy atom. The van der Waals surface area contributed by atoms with Crippen LogP contribution in [-0.4, -0.2) is 52.5 Å². The SMILES string of the molecule is CCCCCN(C)C(=O)c1cn(C2CCNCC2)nn1. The summed E-state index contributed by atoms with van der Waals surface area (Å²) in [6, 6.07) is 0.371. The van der Waals surface area contributed by atoms with Crippen molar-refractivity contribution in [2.75, 3.05) is 26.7 Å². The zero-order valence-electron chi connectivity index (χ0n) is 12.5. The molecule has 20 heavy (non-hydrogen) atoms. The molecule has 1 aliphatic rings. The average molecular weight is 279 g/mol. The first-order valence-corrected chi connectivity index (χ1v) is 7.60. The molecular weight excluding hydrogens is 254 g/mol.